The summed E-state index contributed by atoms with van der Waals surface area (Å²) in [5.41, 5.74) is 2.47. The van der Waals surface area contributed by atoms with Gasteiger partial charge < -0.3 is 9.64 Å². The predicted molar refractivity (Wildman–Crippen MR) is 132 cm³/mol. The predicted octanol–water partition coefficient (Wildman–Crippen LogP) is 4.14. The van der Waals surface area contributed by atoms with Crippen LogP contribution in [0.25, 0.3) is 16.6 Å². The van der Waals surface area contributed by atoms with Crippen LogP contribution in [0.5, 0.6) is 5.75 Å². The summed E-state index contributed by atoms with van der Waals surface area (Å²) in [6, 6.07) is 9.27. The Balaban J connectivity index is 1.28. The minimum absolute atomic E-state index is 0.158. The molecule has 2 aliphatic rings. The summed E-state index contributed by atoms with van der Waals surface area (Å²) in [5, 5.41) is 6.31. The highest BCUT2D eigenvalue weighted by Crippen LogP contribution is 2.19. The number of pyridine rings is 1. The first-order valence-corrected chi connectivity index (χ1v) is 11.6. The van der Waals surface area contributed by atoms with E-state index in [9.17, 15) is 4.79 Å². The van der Waals surface area contributed by atoms with Crippen LogP contribution in [0.4, 0.5) is 0 Å². The molecule has 0 N–H and O–H groups in total. The molecule has 170 valence electrons. The molecular weight excluding hydrogens is 438 g/mol. The zero-order valence-corrected chi connectivity index (χ0v) is 19.1. The topological polar surface area (TPSA) is 64.6 Å². The standard InChI is InChI=1S/C25H26ClN5O2/c26-20-3-4-21(27-9-7-20)18-33-23-8-12-30(25(32)16-23)22-5-6-24-19(15-22)17-28-31(24)14-13-29-10-1-2-11-29/h3-6,8-9,12,15-17H,1-2,7,10-11,13-14,18H2. The second-order valence-corrected chi connectivity index (χ2v) is 8.79. The molecule has 1 fully saturated rings. The number of benzene rings is 1. The lowest BCUT2D eigenvalue weighted by atomic mass is 10.2. The average Bonchev–Trinajstić information content (AvgIpc) is 3.43. The van der Waals surface area contributed by atoms with E-state index in [1.54, 1.807) is 23.0 Å². The normalized spacial score (nSPS) is 16.6. The van der Waals surface area contributed by atoms with Gasteiger partial charge in [-0.1, -0.05) is 11.6 Å². The second-order valence-electron chi connectivity index (χ2n) is 8.31. The number of hydrogen-bond acceptors (Lipinski definition) is 5. The van der Waals surface area contributed by atoms with Crippen molar-refractivity contribution < 1.29 is 4.74 Å². The minimum atomic E-state index is -0.158. The van der Waals surface area contributed by atoms with Crippen molar-refractivity contribution in [3.8, 4) is 11.4 Å². The summed E-state index contributed by atoms with van der Waals surface area (Å²) in [4.78, 5) is 19.6. The summed E-state index contributed by atoms with van der Waals surface area (Å²) in [6.45, 7) is 4.52. The number of aliphatic imine (C=N–C) groups is 1. The fourth-order valence-electron chi connectivity index (χ4n) is 4.20. The Kier molecular flexibility index (Phi) is 6.41. The number of nitrogens with zero attached hydrogens (tertiary/aromatic N) is 5. The summed E-state index contributed by atoms with van der Waals surface area (Å²) in [7, 11) is 0. The Morgan fingerprint density at radius 3 is 2.79 bits per heavy atom. The average molecular weight is 464 g/mol. The van der Waals surface area contributed by atoms with Gasteiger partial charge in [-0.15, -0.1) is 0 Å². The van der Waals surface area contributed by atoms with E-state index in [0.717, 1.165) is 40.4 Å². The molecule has 0 amide bonds. The Morgan fingerprint density at radius 2 is 1.94 bits per heavy atom. The van der Waals surface area contributed by atoms with Crippen molar-refractivity contribution in [2.45, 2.75) is 25.8 Å². The van der Waals surface area contributed by atoms with Crippen molar-refractivity contribution in [1.29, 1.82) is 0 Å². The molecule has 0 unspecified atom stereocenters. The molecule has 4 heterocycles. The van der Waals surface area contributed by atoms with Gasteiger partial charge in [0.05, 0.1) is 24.0 Å². The highest BCUT2D eigenvalue weighted by molar-refractivity contribution is 6.30. The molecule has 0 atom stereocenters. The van der Waals surface area contributed by atoms with Gasteiger partial charge in [0.15, 0.2) is 0 Å². The molecule has 1 saturated heterocycles. The maximum absolute atomic E-state index is 12.8. The molecule has 0 spiro atoms. The van der Waals surface area contributed by atoms with E-state index in [0.29, 0.717) is 12.2 Å². The molecule has 7 nitrogen and oxygen atoms in total. The number of likely N-dealkylation sites (tertiary alicyclic amines) is 1. The van der Waals surface area contributed by atoms with Crippen molar-refractivity contribution in [3.05, 3.63) is 76.0 Å². The highest BCUT2D eigenvalue weighted by atomic mass is 35.5. The lowest BCUT2D eigenvalue weighted by Crippen LogP contribution is -2.24. The number of rotatable bonds is 7. The maximum atomic E-state index is 12.8. The van der Waals surface area contributed by atoms with Crippen LogP contribution in [-0.4, -0.2) is 51.7 Å². The lowest BCUT2D eigenvalue weighted by Gasteiger charge is -2.14. The molecule has 0 saturated carbocycles. The zero-order valence-electron chi connectivity index (χ0n) is 18.4. The molecule has 5 rings (SSSR count). The van der Waals surface area contributed by atoms with E-state index in [2.05, 4.69) is 15.0 Å². The van der Waals surface area contributed by atoms with Crippen molar-refractivity contribution >= 4 is 28.7 Å². The van der Waals surface area contributed by atoms with Crippen LogP contribution in [0.1, 0.15) is 19.3 Å². The molecule has 2 aromatic heterocycles. The zero-order chi connectivity index (χ0) is 22.6. The van der Waals surface area contributed by atoms with E-state index >= 15 is 0 Å². The van der Waals surface area contributed by atoms with Crippen molar-refractivity contribution in [3.63, 3.8) is 0 Å². The monoisotopic (exact) mass is 463 g/mol. The van der Waals surface area contributed by atoms with Gasteiger partial charge in [0.25, 0.3) is 5.56 Å². The van der Waals surface area contributed by atoms with Crippen molar-refractivity contribution in [1.82, 2.24) is 19.2 Å². The van der Waals surface area contributed by atoms with Gasteiger partial charge in [0.2, 0.25) is 0 Å². The maximum Gasteiger partial charge on any atom is 0.258 e. The number of ether oxygens (including phenoxy) is 1. The Bertz CT molecular complexity index is 1300. The van der Waals surface area contributed by atoms with Gasteiger partial charge >= 0.3 is 0 Å². The number of halogens is 1. The summed E-state index contributed by atoms with van der Waals surface area (Å²) >= 11 is 6.01. The largest absolute Gasteiger partial charge is 0.487 e. The van der Waals surface area contributed by atoms with Gasteiger partial charge in [-0.3, -0.25) is 19.0 Å². The van der Waals surface area contributed by atoms with Gasteiger partial charge in [-0.2, -0.15) is 5.10 Å². The van der Waals surface area contributed by atoms with Crippen LogP contribution in [-0.2, 0) is 6.54 Å². The number of aromatic nitrogens is 3. The molecule has 0 aliphatic carbocycles. The van der Waals surface area contributed by atoms with Crippen LogP contribution in [0.15, 0.2) is 75.4 Å². The first-order chi connectivity index (χ1) is 16.2. The summed E-state index contributed by atoms with van der Waals surface area (Å²) < 4.78 is 9.42. The minimum Gasteiger partial charge on any atom is -0.487 e. The molecule has 0 bridgehead atoms. The van der Waals surface area contributed by atoms with E-state index in [1.807, 2.05) is 41.2 Å². The quantitative estimate of drug-likeness (QED) is 0.528. The van der Waals surface area contributed by atoms with Gasteiger partial charge in [0, 0.05) is 47.5 Å². The highest BCUT2D eigenvalue weighted by Gasteiger charge is 2.12. The Hall–Kier alpha value is -3.16. The number of allylic oxidation sites excluding steroid dienone is 3. The first-order valence-electron chi connectivity index (χ1n) is 11.3. The van der Waals surface area contributed by atoms with E-state index in [-0.39, 0.29) is 12.2 Å². The van der Waals surface area contributed by atoms with Crippen LogP contribution >= 0.6 is 11.6 Å². The summed E-state index contributed by atoms with van der Waals surface area (Å²) in [5.74, 6) is 0.502. The van der Waals surface area contributed by atoms with Crippen LogP contribution in [0.3, 0.4) is 0 Å². The van der Waals surface area contributed by atoms with Crippen molar-refractivity contribution in [2.75, 3.05) is 26.2 Å². The van der Waals surface area contributed by atoms with E-state index in [4.69, 9.17) is 16.3 Å². The second kappa shape index (κ2) is 9.77. The van der Waals surface area contributed by atoms with Crippen LogP contribution in [0, 0.1) is 0 Å². The van der Waals surface area contributed by atoms with E-state index < -0.39 is 0 Å². The number of hydrogen-bond donors (Lipinski definition) is 0. The fraction of sp³-hybridized carbons (Fsp3) is 0.320. The van der Waals surface area contributed by atoms with Crippen molar-refractivity contribution in [2.24, 2.45) is 4.99 Å². The van der Waals surface area contributed by atoms with Gasteiger partial charge in [0.1, 0.15) is 12.4 Å². The SMILES string of the molecule is O=c1cc(OCC2=CC=C(Cl)CC=N2)ccn1-c1ccc2c(cnn2CCN2CCCC2)c1. The molecule has 2 aliphatic heterocycles. The Labute approximate surface area is 197 Å². The molecular formula is C25H26ClN5O2. The lowest BCUT2D eigenvalue weighted by molar-refractivity contribution is 0.318. The molecule has 8 heteroatoms. The third-order valence-corrected chi connectivity index (χ3v) is 6.29. The molecule has 0 radical (unpaired) electrons. The molecule has 3 aromatic rings. The smallest absolute Gasteiger partial charge is 0.258 e. The van der Waals surface area contributed by atoms with Crippen LogP contribution in [0.2, 0.25) is 0 Å². The number of fused-ring (bicyclic) bond motifs is 1. The fourth-order valence-corrected chi connectivity index (χ4v) is 4.33. The molecule has 1 aromatic carbocycles. The third kappa shape index (κ3) is 5.10. The van der Waals surface area contributed by atoms with E-state index in [1.165, 1.54) is 32.0 Å². The summed E-state index contributed by atoms with van der Waals surface area (Å²) in [6.07, 6.45) is 12.2. The Morgan fingerprint density at radius 1 is 1.06 bits per heavy atom. The first kappa shape index (κ1) is 21.7. The molecule has 33 heavy (non-hydrogen) atoms. The third-order valence-electron chi connectivity index (χ3n) is 6.01. The van der Waals surface area contributed by atoms with Gasteiger partial charge in [-0.05, 0) is 62.3 Å². The van der Waals surface area contributed by atoms with Gasteiger partial charge in [-0.25, -0.2) is 0 Å². The van der Waals surface area contributed by atoms with Crippen LogP contribution < -0.4 is 10.3 Å².